The summed E-state index contributed by atoms with van der Waals surface area (Å²) in [5.74, 6) is 0. The minimum atomic E-state index is 0.411. The first-order valence-corrected chi connectivity index (χ1v) is 6.89. The summed E-state index contributed by atoms with van der Waals surface area (Å²) in [6.07, 6.45) is 7.78. The van der Waals surface area contributed by atoms with Crippen molar-refractivity contribution in [1.29, 1.82) is 0 Å². The highest BCUT2D eigenvalue weighted by Gasteiger charge is 2.19. The van der Waals surface area contributed by atoms with E-state index in [-0.39, 0.29) is 0 Å². The molecule has 0 aromatic heterocycles. The summed E-state index contributed by atoms with van der Waals surface area (Å²) in [4.78, 5) is 0. The highest BCUT2D eigenvalue weighted by molar-refractivity contribution is 4.80. The van der Waals surface area contributed by atoms with E-state index in [0.29, 0.717) is 5.41 Å². The molecule has 0 aromatic rings. The Morgan fingerprint density at radius 3 is 2.44 bits per heavy atom. The molecule has 1 N–H and O–H groups in total. The van der Waals surface area contributed by atoms with E-state index in [2.05, 4.69) is 26.1 Å². The monoisotopic (exact) mass is 227 g/mol. The van der Waals surface area contributed by atoms with Gasteiger partial charge < -0.3 is 10.1 Å². The van der Waals surface area contributed by atoms with E-state index >= 15 is 0 Å². The Bertz CT molecular complexity index is 170. The van der Waals surface area contributed by atoms with Crippen LogP contribution in [-0.4, -0.2) is 25.8 Å². The normalized spacial score (nSPS) is 16.7. The average Bonchev–Trinajstić information content (AvgIpc) is 2.97. The molecule has 1 saturated carbocycles. The maximum absolute atomic E-state index is 5.63. The molecule has 0 atom stereocenters. The third-order valence-electron chi connectivity index (χ3n) is 2.97. The van der Waals surface area contributed by atoms with Crippen LogP contribution >= 0.6 is 0 Å². The van der Waals surface area contributed by atoms with Crippen molar-refractivity contribution in [2.75, 3.05) is 19.8 Å². The summed E-state index contributed by atoms with van der Waals surface area (Å²) < 4.78 is 5.63. The number of rotatable bonds is 9. The van der Waals surface area contributed by atoms with E-state index in [1.165, 1.54) is 38.6 Å². The van der Waals surface area contributed by atoms with Crippen molar-refractivity contribution in [2.45, 2.75) is 65.3 Å². The quantitative estimate of drug-likeness (QED) is 0.610. The molecule has 16 heavy (non-hydrogen) atoms. The van der Waals surface area contributed by atoms with Gasteiger partial charge in [0.25, 0.3) is 0 Å². The second-order valence-electron chi connectivity index (χ2n) is 6.21. The fraction of sp³-hybridized carbons (Fsp3) is 1.00. The lowest BCUT2D eigenvalue weighted by Gasteiger charge is -2.17. The van der Waals surface area contributed by atoms with Crippen molar-refractivity contribution >= 4 is 0 Å². The second kappa shape index (κ2) is 7.29. The summed E-state index contributed by atoms with van der Waals surface area (Å²) in [5.41, 5.74) is 0.411. The predicted octanol–water partition coefficient (Wildman–Crippen LogP) is 3.36. The molecule has 1 rings (SSSR count). The van der Waals surface area contributed by atoms with Gasteiger partial charge in [0, 0.05) is 19.3 Å². The summed E-state index contributed by atoms with van der Waals surface area (Å²) in [6.45, 7) is 9.86. The summed E-state index contributed by atoms with van der Waals surface area (Å²) in [5, 5.41) is 3.54. The molecular weight excluding hydrogens is 198 g/mol. The largest absolute Gasteiger partial charge is 0.381 e. The SMILES string of the molecule is CC(C)(C)CCOCCCCCNC1CC1. The molecule has 0 saturated heterocycles. The van der Waals surface area contributed by atoms with Crippen LogP contribution in [0.1, 0.15) is 59.3 Å². The van der Waals surface area contributed by atoms with Crippen molar-refractivity contribution in [3.63, 3.8) is 0 Å². The van der Waals surface area contributed by atoms with Crippen LogP contribution in [0.4, 0.5) is 0 Å². The van der Waals surface area contributed by atoms with Crippen molar-refractivity contribution in [2.24, 2.45) is 5.41 Å². The minimum Gasteiger partial charge on any atom is -0.381 e. The van der Waals surface area contributed by atoms with Gasteiger partial charge in [0.1, 0.15) is 0 Å². The number of hydrogen-bond acceptors (Lipinski definition) is 2. The molecular formula is C14H29NO. The molecule has 0 aliphatic heterocycles. The van der Waals surface area contributed by atoms with Gasteiger partial charge in [-0.05, 0) is 50.5 Å². The molecule has 1 aliphatic carbocycles. The summed E-state index contributed by atoms with van der Waals surface area (Å²) in [6, 6.07) is 0.864. The average molecular weight is 227 g/mol. The standard InChI is InChI=1S/C14H29NO/c1-14(2,3)9-12-16-11-6-4-5-10-15-13-7-8-13/h13,15H,4-12H2,1-3H3. The first-order chi connectivity index (χ1) is 7.58. The zero-order valence-electron chi connectivity index (χ0n) is 11.3. The van der Waals surface area contributed by atoms with Crippen LogP contribution in [0, 0.1) is 5.41 Å². The van der Waals surface area contributed by atoms with Crippen LogP contribution < -0.4 is 5.32 Å². The van der Waals surface area contributed by atoms with Gasteiger partial charge in [0.2, 0.25) is 0 Å². The number of unbranched alkanes of at least 4 members (excludes halogenated alkanes) is 2. The summed E-state index contributed by atoms with van der Waals surface area (Å²) in [7, 11) is 0. The molecule has 2 heteroatoms. The fourth-order valence-corrected chi connectivity index (χ4v) is 1.58. The molecule has 0 amide bonds. The molecule has 0 heterocycles. The first kappa shape index (κ1) is 14.0. The van der Waals surface area contributed by atoms with Crippen molar-refractivity contribution < 1.29 is 4.74 Å². The molecule has 96 valence electrons. The maximum Gasteiger partial charge on any atom is 0.0471 e. The molecule has 2 nitrogen and oxygen atoms in total. The van der Waals surface area contributed by atoms with Gasteiger partial charge in [-0.25, -0.2) is 0 Å². The van der Waals surface area contributed by atoms with E-state index in [1.54, 1.807) is 0 Å². The zero-order chi connectivity index (χ0) is 11.9. The van der Waals surface area contributed by atoms with E-state index < -0.39 is 0 Å². The van der Waals surface area contributed by atoms with E-state index in [4.69, 9.17) is 4.74 Å². The molecule has 0 bridgehead atoms. The van der Waals surface area contributed by atoms with Gasteiger partial charge in [0.05, 0.1) is 0 Å². The highest BCUT2D eigenvalue weighted by Crippen LogP contribution is 2.19. The Balaban J connectivity index is 1.70. The Labute approximate surface area is 101 Å². The van der Waals surface area contributed by atoms with Gasteiger partial charge >= 0.3 is 0 Å². The van der Waals surface area contributed by atoms with Gasteiger partial charge in [-0.15, -0.1) is 0 Å². The Hall–Kier alpha value is -0.0800. The maximum atomic E-state index is 5.63. The summed E-state index contributed by atoms with van der Waals surface area (Å²) >= 11 is 0. The van der Waals surface area contributed by atoms with Crippen LogP contribution in [0.15, 0.2) is 0 Å². The van der Waals surface area contributed by atoms with Crippen LogP contribution in [0.2, 0.25) is 0 Å². The highest BCUT2D eigenvalue weighted by atomic mass is 16.5. The van der Waals surface area contributed by atoms with Gasteiger partial charge in [0.15, 0.2) is 0 Å². The van der Waals surface area contributed by atoms with E-state index in [1.807, 2.05) is 0 Å². The number of ether oxygens (including phenoxy) is 1. The molecule has 0 radical (unpaired) electrons. The Morgan fingerprint density at radius 1 is 1.06 bits per heavy atom. The zero-order valence-corrected chi connectivity index (χ0v) is 11.3. The smallest absolute Gasteiger partial charge is 0.0471 e. The Morgan fingerprint density at radius 2 is 1.81 bits per heavy atom. The van der Waals surface area contributed by atoms with Crippen molar-refractivity contribution in [3.8, 4) is 0 Å². The van der Waals surface area contributed by atoms with Crippen LogP contribution in [0.3, 0.4) is 0 Å². The molecule has 1 aliphatic rings. The first-order valence-electron chi connectivity index (χ1n) is 6.89. The van der Waals surface area contributed by atoms with Crippen LogP contribution in [0.25, 0.3) is 0 Å². The van der Waals surface area contributed by atoms with Gasteiger partial charge in [-0.3, -0.25) is 0 Å². The number of nitrogens with one attached hydrogen (secondary N) is 1. The second-order valence-corrected chi connectivity index (χ2v) is 6.21. The van der Waals surface area contributed by atoms with Crippen molar-refractivity contribution in [1.82, 2.24) is 5.32 Å². The van der Waals surface area contributed by atoms with Crippen LogP contribution in [0.5, 0.6) is 0 Å². The fourth-order valence-electron chi connectivity index (χ4n) is 1.58. The lowest BCUT2D eigenvalue weighted by molar-refractivity contribution is 0.105. The van der Waals surface area contributed by atoms with E-state index in [9.17, 15) is 0 Å². The topological polar surface area (TPSA) is 21.3 Å². The van der Waals surface area contributed by atoms with E-state index in [0.717, 1.165) is 25.7 Å². The third kappa shape index (κ3) is 9.17. The lowest BCUT2D eigenvalue weighted by atomic mass is 9.93. The Kier molecular flexibility index (Phi) is 6.37. The van der Waals surface area contributed by atoms with Crippen molar-refractivity contribution in [3.05, 3.63) is 0 Å². The lowest BCUT2D eigenvalue weighted by Crippen LogP contribution is -2.17. The van der Waals surface area contributed by atoms with Gasteiger partial charge in [-0.2, -0.15) is 0 Å². The molecule has 0 spiro atoms. The number of hydrogen-bond donors (Lipinski definition) is 1. The third-order valence-corrected chi connectivity index (χ3v) is 2.97. The molecule has 1 fully saturated rings. The minimum absolute atomic E-state index is 0.411. The van der Waals surface area contributed by atoms with Crippen LogP contribution in [-0.2, 0) is 4.74 Å². The molecule has 0 aromatic carbocycles. The van der Waals surface area contributed by atoms with Gasteiger partial charge in [-0.1, -0.05) is 20.8 Å². The molecule has 0 unspecified atom stereocenters. The predicted molar refractivity (Wildman–Crippen MR) is 69.8 cm³/mol.